The third kappa shape index (κ3) is 2.33. The van der Waals surface area contributed by atoms with Gasteiger partial charge < -0.3 is 10.2 Å². The molecule has 0 spiro atoms. The van der Waals surface area contributed by atoms with Crippen molar-refractivity contribution in [1.82, 2.24) is 10.2 Å². The molecule has 1 N–H and O–H groups in total. The molecule has 1 aromatic carbocycles. The minimum atomic E-state index is -0.183. The largest absolute Gasteiger partial charge is 0.335 e. The maximum atomic E-state index is 14.1. The minimum absolute atomic E-state index is 0.104. The van der Waals surface area contributed by atoms with E-state index in [1.807, 2.05) is 17.9 Å². The Balaban J connectivity index is 1.82. The maximum absolute atomic E-state index is 14.1. The van der Waals surface area contributed by atoms with E-state index < -0.39 is 0 Å². The maximum Gasteiger partial charge on any atom is 0.226 e. The molecule has 3 rings (SSSR count). The summed E-state index contributed by atoms with van der Waals surface area (Å²) in [7, 11) is 0. The van der Waals surface area contributed by atoms with Gasteiger partial charge in [-0.05, 0) is 50.9 Å². The molecule has 1 unspecified atom stereocenters. The molecule has 20 heavy (non-hydrogen) atoms. The molecule has 0 aromatic heterocycles. The first kappa shape index (κ1) is 13.6. The number of piperidine rings is 1. The number of nitrogens with one attached hydrogen (secondary N) is 1. The van der Waals surface area contributed by atoms with E-state index in [1.54, 1.807) is 6.07 Å². The first-order chi connectivity index (χ1) is 9.68. The van der Waals surface area contributed by atoms with Crippen molar-refractivity contribution in [2.24, 2.45) is 5.92 Å². The molecule has 2 heterocycles. The SMILES string of the molecule is CC1c2c(F)cccc2CCN1C(=O)C1CCNCC1. The fraction of sp³-hybridized carbons (Fsp3) is 0.562. The first-order valence-electron chi connectivity index (χ1n) is 7.47. The van der Waals surface area contributed by atoms with E-state index in [0.717, 1.165) is 37.9 Å². The summed E-state index contributed by atoms with van der Waals surface area (Å²) in [5.41, 5.74) is 1.76. The van der Waals surface area contributed by atoms with Crippen molar-refractivity contribution in [3.05, 3.63) is 35.1 Å². The number of rotatable bonds is 1. The van der Waals surface area contributed by atoms with E-state index >= 15 is 0 Å². The predicted molar refractivity (Wildman–Crippen MR) is 75.8 cm³/mol. The first-order valence-corrected chi connectivity index (χ1v) is 7.47. The summed E-state index contributed by atoms with van der Waals surface area (Å²) < 4.78 is 14.1. The van der Waals surface area contributed by atoms with Gasteiger partial charge in [0.25, 0.3) is 0 Å². The number of hydrogen-bond donors (Lipinski definition) is 1. The van der Waals surface area contributed by atoms with Crippen molar-refractivity contribution in [3.63, 3.8) is 0 Å². The van der Waals surface area contributed by atoms with Crippen LogP contribution in [-0.2, 0) is 11.2 Å². The molecule has 1 atom stereocenters. The van der Waals surface area contributed by atoms with Crippen LogP contribution in [0.2, 0.25) is 0 Å². The van der Waals surface area contributed by atoms with Crippen LogP contribution in [0.4, 0.5) is 4.39 Å². The Hall–Kier alpha value is -1.42. The third-order valence-electron chi connectivity index (χ3n) is 4.62. The van der Waals surface area contributed by atoms with Gasteiger partial charge in [-0.2, -0.15) is 0 Å². The minimum Gasteiger partial charge on any atom is -0.335 e. The Kier molecular flexibility index (Phi) is 3.74. The van der Waals surface area contributed by atoms with Gasteiger partial charge >= 0.3 is 0 Å². The highest BCUT2D eigenvalue weighted by molar-refractivity contribution is 5.79. The van der Waals surface area contributed by atoms with E-state index in [2.05, 4.69) is 5.32 Å². The zero-order valence-electron chi connectivity index (χ0n) is 11.9. The molecule has 2 aliphatic heterocycles. The van der Waals surface area contributed by atoms with Crippen molar-refractivity contribution in [2.45, 2.75) is 32.2 Å². The molecular weight excluding hydrogens is 255 g/mol. The second kappa shape index (κ2) is 5.52. The fourth-order valence-electron chi connectivity index (χ4n) is 3.46. The molecule has 0 aliphatic carbocycles. The molecule has 0 saturated carbocycles. The van der Waals surface area contributed by atoms with E-state index in [-0.39, 0.29) is 23.7 Å². The lowest BCUT2D eigenvalue weighted by Gasteiger charge is -2.38. The van der Waals surface area contributed by atoms with Crippen molar-refractivity contribution in [3.8, 4) is 0 Å². The Labute approximate surface area is 119 Å². The molecule has 0 bridgehead atoms. The zero-order chi connectivity index (χ0) is 14.1. The molecule has 0 radical (unpaired) electrons. The van der Waals surface area contributed by atoms with Crippen LogP contribution in [-0.4, -0.2) is 30.4 Å². The molecule has 2 aliphatic rings. The summed E-state index contributed by atoms with van der Waals surface area (Å²) >= 11 is 0. The lowest BCUT2D eigenvalue weighted by Crippen LogP contribution is -2.45. The summed E-state index contributed by atoms with van der Waals surface area (Å²) in [6.07, 6.45) is 2.55. The quantitative estimate of drug-likeness (QED) is 0.853. The summed E-state index contributed by atoms with van der Waals surface area (Å²) in [4.78, 5) is 14.5. The van der Waals surface area contributed by atoms with Crippen LogP contribution in [0.1, 0.15) is 36.9 Å². The van der Waals surface area contributed by atoms with Crippen LogP contribution in [0, 0.1) is 11.7 Å². The highest BCUT2D eigenvalue weighted by Crippen LogP contribution is 2.33. The highest BCUT2D eigenvalue weighted by Gasteiger charge is 2.33. The van der Waals surface area contributed by atoms with Gasteiger partial charge in [0, 0.05) is 18.0 Å². The van der Waals surface area contributed by atoms with E-state index in [9.17, 15) is 9.18 Å². The van der Waals surface area contributed by atoms with Gasteiger partial charge in [-0.3, -0.25) is 4.79 Å². The van der Waals surface area contributed by atoms with Crippen LogP contribution in [0.5, 0.6) is 0 Å². The van der Waals surface area contributed by atoms with Gasteiger partial charge in [0.05, 0.1) is 6.04 Å². The monoisotopic (exact) mass is 276 g/mol. The number of fused-ring (bicyclic) bond motifs is 1. The van der Waals surface area contributed by atoms with Crippen LogP contribution in [0.15, 0.2) is 18.2 Å². The van der Waals surface area contributed by atoms with Gasteiger partial charge in [-0.1, -0.05) is 12.1 Å². The molecule has 108 valence electrons. The van der Waals surface area contributed by atoms with Crippen molar-refractivity contribution in [1.29, 1.82) is 0 Å². The number of benzene rings is 1. The van der Waals surface area contributed by atoms with Gasteiger partial charge in [-0.15, -0.1) is 0 Å². The van der Waals surface area contributed by atoms with E-state index in [1.165, 1.54) is 6.07 Å². The van der Waals surface area contributed by atoms with Gasteiger partial charge in [0.1, 0.15) is 5.82 Å². The Morgan fingerprint density at radius 2 is 2.10 bits per heavy atom. The second-order valence-corrected chi connectivity index (χ2v) is 5.79. The predicted octanol–water partition coefficient (Wildman–Crippen LogP) is 2.27. The van der Waals surface area contributed by atoms with Gasteiger partial charge in [0.2, 0.25) is 5.91 Å². The topological polar surface area (TPSA) is 32.3 Å². The third-order valence-corrected chi connectivity index (χ3v) is 4.62. The number of carbonyl (C=O) groups is 1. The summed E-state index contributed by atoms with van der Waals surface area (Å²) in [6.45, 7) is 4.47. The normalized spacial score (nSPS) is 23.5. The number of nitrogens with zero attached hydrogens (tertiary/aromatic N) is 1. The van der Waals surface area contributed by atoms with Crippen molar-refractivity contribution < 1.29 is 9.18 Å². The molecule has 1 saturated heterocycles. The standard InChI is InChI=1S/C16H21FN2O/c1-11-15-12(3-2-4-14(15)17)7-10-19(11)16(20)13-5-8-18-9-6-13/h2-4,11,13,18H,5-10H2,1H3. The number of carbonyl (C=O) groups excluding carboxylic acids is 1. The molecular formula is C16H21FN2O. The molecule has 1 fully saturated rings. The zero-order valence-corrected chi connectivity index (χ0v) is 11.9. The average Bonchev–Trinajstić information content (AvgIpc) is 2.48. The second-order valence-electron chi connectivity index (χ2n) is 5.79. The van der Waals surface area contributed by atoms with Crippen molar-refractivity contribution in [2.75, 3.05) is 19.6 Å². The van der Waals surface area contributed by atoms with Crippen LogP contribution in [0.25, 0.3) is 0 Å². The average molecular weight is 276 g/mol. The van der Waals surface area contributed by atoms with Crippen molar-refractivity contribution >= 4 is 5.91 Å². The van der Waals surface area contributed by atoms with Crippen LogP contribution < -0.4 is 5.32 Å². The lowest BCUT2D eigenvalue weighted by atomic mass is 9.90. The number of amides is 1. The fourth-order valence-corrected chi connectivity index (χ4v) is 3.46. The van der Waals surface area contributed by atoms with Crippen LogP contribution in [0.3, 0.4) is 0 Å². The Bertz CT molecular complexity index is 511. The Morgan fingerprint density at radius 1 is 1.35 bits per heavy atom. The van der Waals surface area contributed by atoms with Gasteiger partial charge in [-0.25, -0.2) is 4.39 Å². The molecule has 1 aromatic rings. The molecule has 4 heteroatoms. The highest BCUT2D eigenvalue weighted by atomic mass is 19.1. The van der Waals surface area contributed by atoms with E-state index in [0.29, 0.717) is 12.1 Å². The molecule has 1 amide bonds. The van der Waals surface area contributed by atoms with Crippen LogP contribution >= 0.6 is 0 Å². The Morgan fingerprint density at radius 3 is 2.85 bits per heavy atom. The number of hydrogen-bond acceptors (Lipinski definition) is 2. The summed E-state index contributed by atoms with van der Waals surface area (Å²) in [5, 5.41) is 3.28. The number of halogens is 1. The van der Waals surface area contributed by atoms with Gasteiger partial charge in [0.15, 0.2) is 0 Å². The lowest BCUT2D eigenvalue weighted by molar-refractivity contribution is -0.139. The van der Waals surface area contributed by atoms with E-state index in [4.69, 9.17) is 0 Å². The molecule has 3 nitrogen and oxygen atoms in total. The summed E-state index contributed by atoms with van der Waals surface area (Å²) in [6, 6.07) is 5.07. The summed E-state index contributed by atoms with van der Waals surface area (Å²) in [5.74, 6) is 0.123. The smallest absolute Gasteiger partial charge is 0.226 e.